The molecule has 1 atom stereocenters. The predicted octanol–water partition coefficient (Wildman–Crippen LogP) is -0.179. The Kier molecular flexibility index (Phi) is 1.90. The molecule has 2 rings (SSSR count). The van der Waals surface area contributed by atoms with Gasteiger partial charge in [0.25, 0.3) is 5.71 Å². The summed E-state index contributed by atoms with van der Waals surface area (Å²) in [5.41, 5.74) is -0.538. The number of halogens is 1. The molecule has 14 heavy (non-hydrogen) atoms. The topological polar surface area (TPSA) is 108 Å². The van der Waals surface area contributed by atoms with Crippen LogP contribution in [0.1, 0.15) is 11.4 Å². The fourth-order valence-electron chi connectivity index (χ4n) is 1.14. The van der Waals surface area contributed by atoms with E-state index in [1.54, 1.807) is 0 Å². The number of aliphatic hydroxyl groups is 1. The molecule has 1 aliphatic rings. The second-order valence-electron chi connectivity index (χ2n) is 2.56. The smallest absolute Gasteiger partial charge is 0.263 e. The first kappa shape index (κ1) is 8.97. The van der Waals surface area contributed by atoms with Crippen LogP contribution >= 0.6 is 11.6 Å². The fraction of sp³-hybridized carbons (Fsp3) is 0.167. The molecule has 0 saturated heterocycles. The van der Waals surface area contributed by atoms with Gasteiger partial charge in [0.05, 0.1) is 5.03 Å². The number of fused-ring (bicyclic) bond motifs is 1. The highest BCUT2D eigenvalue weighted by molar-refractivity contribution is 6.49. The Bertz CT molecular complexity index is 434. The van der Waals surface area contributed by atoms with Gasteiger partial charge < -0.3 is 15.5 Å². The number of rotatable bonds is 0. The zero-order valence-corrected chi connectivity index (χ0v) is 7.30. The van der Waals surface area contributed by atoms with Crippen molar-refractivity contribution in [3.63, 3.8) is 0 Å². The van der Waals surface area contributed by atoms with Crippen molar-refractivity contribution < 1.29 is 14.6 Å². The van der Waals surface area contributed by atoms with Crippen LogP contribution in [0, 0.1) is 10.4 Å². The van der Waals surface area contributed by atoms with Crippen molar-refractivity contribution in [1.82, 2.24) is 10.3 Å². The molecular formula is C6H3ClN3O4-. The zero-order valence-electron chi connectivity index (χ0n) is 6.55. The second-order valence-corrected chi connectivity index (χ2v) is 2.97. The summed E-state index contributed by atoms with van der Waals surface area (Å²) in [6, 6.07) is 0. The highest BCUT2D eigenvalue weighted by atomic mass is 35.5. The highest BCUT2D eigenvalue weighted by Crippen LogP contribution is 2.26. The van der Waals surface area contributed by atoms with Gasteiger partial charge >= 0.3 is 0 Å². The first-order valence-electron chi connectivity index (χ1n) is 3.51. The zero-order chi connectivity index (χ0) is 10.3. The SMILES string of the molecule is [O-][N+]([O-])=C1c2nonc2C(Cl)=CC1O. The summed E-state index contributed by atoms with van der Waals surface area (Å²) in [4.78, 5) is -0.743. The molecule has 1 N–H and O–H groups in total. The van der Waals surface area contributed by atoms with E-state index in [1.807, 2.05) is 0 Å². The minimum atomic E-state index is -1.39. The maximum Gasteiger partial charge on any atom is 0.263 e. The molecule has 0 aromatic carbocycles. The Balaban J connectivity index is 2.67. The van der Waals surface area contributed by atoms with Crippen LogP contribution in [-0.4, -0.2) is 32.1 Å². The van der Waals surface area contributed by atoms with Gasteiger partial charge in [0.1, 0.15) is 0 Å². The number of aromatic nitrogens is 2. The van der Waals surface area contributed by atoms with Crippen LogP contribution in [0.2, 0.25) is 0 Å². The van der Waals surface area contributed by atoms with Gasteiger partial charge in [0.15, 0.2) is 11.8 Å². The van der Waals surface area contributed by atoms with Crippen molar-refractivity contribution >= 4 is 22.3 Å². The highest BCUT2D eigenvalue weighted by Gasteiger charge is 2.33. The summed E-state index contributed by atoms with van der Waals surface area (Å²) in [7, 11) is 0. The van der Waals surface area contributed by atoms with Crippen LogP contribution in [0.5, 0.6) is 0 Å². The Morgan fingerprint density at radius 1 is 1.43 bits per heavy atom. The summed E-state index contributed by atoms with van der Waals surface area (Å²) in [5, 5.41) is 37.2. The third kappa shape index (κ3) is 1.14. The van der Waals surface area contributed by atoms with Gasteiger partial charge in [0, 0.05) is 0 Å². The number of aliphatic hydroxyl groups excluding tert-OH is 1. The minimum absolute atomic E-state index is 0.0728. The number of hydrogen-bond acceptors (Lipinski definition) is 6. The van der Waals surface area contributed by atoms with Gasteiger partial charge in [-0.2, -0.15) is 4.90 Å². The molecule has 1 aromatic rings. The van der Waals surface area contributed by atoms with E-state index in [0.717, 1.165) is 6.08 Å². The molecule has 1 heterocycles. The molecule has 0 aliphatic heterocycles. The average molecular weight is 217 g/mol. The van der Waals surface area contributed by atoms with E-state index in [4.69, 9.17) is 11.6 Å². The predicted molar refractivity (Wildman–Crippen MR) is 45.2 cm³/mol. The number of nitrogens with zero attached hydrogens (tertiary/aromatic N) is 3. The largest absolute Gasteiger partial charge is 0.612 e. The van der Waals surface area contributed by atoms with Crippen LogP contribution < -0.4 is 0 Å². The lowest BCUT2D eigenvalue weighted by molar-refractivity contribution is -0.382. The maximum atomic E-state index is 10.6. The Labute approximate surface area is 82.0 Å². The molecule has 0 saturated carbocycles. The first-order chi connectivity index (χ1) is 6.61. The van der Waals surface area contributed by atoms with Gasteiger partial charge in [-0.1, -0.05) is 11.6 Å². The Morgan fingerprint density at radius 2 is 2.07 bits per heavy atom. The molecule has 0 fully saturated rings. The Morgan fingerprint density at radius 3 is 2.71 bits per heavy atom. The van der Waals surface area contributed by atoms with Gasteiger partial charge in [-0.3, -0.25) is 0 Å². The van der Waals surface area contributed by atoms with Crippen LogP contribution in [0.15, 0.2) is 10.7 Å². The van der Waals surface area contributed by atoms with Crippen LogP contribution in [0.4, 0.5) is 0 Å². The summed E-state index contributed by atoms with van der Waals surface area (Å²) in [6.45, 7) is 0. The van der Waals surface area contributed by atoms with E-state index >= 15 is 0 Å². The summed E-state index contributed by atoms with van der Waals surface area (Å²) in [6.07, 6.45) is -0.288. The summed E-state index contributed by atoms with van der Waals surface area (Å²) in [5.74, 6) is 0. The van der Waals surface area contributed by atoms with E-state index in [0.29, 0.717) is 0 Å². The lowest BCUT2D eigenvalue weighted by atomic mass is 10.0. The molecule has 0 spiro atoms. The lowest BCUT2D eigenvalue weighted by Crippen LogP contribution is -2.30. The molecule has 7 nitrogen and oxygen atoms in total. The van der Waals surface area contributed by atoms with E-state index in [-0.39, 0.29) is 16.4 Å². The fourth-order valence-corrected chi connectivity index (χ4v) is 1.39. The third-order valence-corrected chi connectivity index (χ3v) is 2.04. The molecule has 0 bridgehead atoms. The number of hydrogen-bond donors (Lipinski definition) is 1. The van der Waals surface area contributed by atoms with E-state index in [1.165, 1.54) is 0 Å². The van der Waals surface area contributed by atoms with Crippen molar-refractivity contribution in [3.05, 3.63) is 27.9 Å². The quantitative estimate of drug-likeness (QED) is 0.476. The van der Waals surface area contributed by atoms with Crippen molar-refractivity contribution in [1.29, 1.82) is 0 Å². The van der Waals surface area contributed by atoms with Gasteiger partial charge in [-0.05, 0) is 16.4 Å². The Hall–Kier alpha value is -1.60. The molecule has 8 heteroatoms. The van der Waals surface area contributed by atoms with Crippen molar-refractivity contribution in [2.75, 3.05) is 0 Å². The van der Waals surface area contributed by atoms with E-state index < -0.39 is 16.7 Å². The second kappa shape index (κ2) is 2.96. The molecule has 0 amide bonds. The van der Waals surface area contributed by atoms with E-state index in [9.17, 15) is 15.5 Å². The van der Waals surface area contributed by atoms with Crippen molar-refractivity contribution in [3.8, 4) is 0 Å². The van der Waals surface area contributed by atoms with Crippen molar-refractivity contribution in [2.45, 2.75) is 6.10 Å². The van der Waals surface area contributed by atoms with Crippen molar-refractivity contribution in [2.24, 2.45) is 0 Å². The third-order valence-electron chi connectivity index (χ3n) is 1.74. The van der Waals surface area contributed by atoms with Crippen LogP contribution in [0.25, 0.3) is 5.03 Å². The molecule has 1 aliphatic carbocycles. The van der Waals surface area contributed by atoms with Crippen LogP contribution in [0.3, 0.4) is 0 Å². The molecule has 1 unspecified atom stereocenters. The maximum absolute atomic E-state index is 10.6. The molecule has 1 aromatic heterocycles. The monoisotopic (exact) mass is 216 g/mol. The molecule has 0 radical (unpaired) electrons. The lowest BCUT2D eigenvalue weighted by Gasteiger charge is -2.15. The molecular weight excluding hydrogens is 214 g/mol. The average Bonchev–Trinajstić information content (AvgIpc) is 2.51. The van der Waals surface area contributed by atoms with Gasteiger partial charge in [-0.25, -0.2) is 4.63 Å². The van der Waals surface area contributed by atoms with Crippen LogP contribution in [-0.2, 0) is 0 Å². The van der Waals surface area contributed by atoms with E-state index in [2.05, 4.69) is 14.9 Å². The summed E-state index contributed by atoms with van der Waals surface area (Å²) < 4.78 is 4.30. The van der Waals surface area contributed by atoms with Gasteiger partial charge in [0.2, 0.25) is 5.69 Å². The normalized spacial score (nSPS) is 20.3. The standard InChI is InChI=1S/C6H3ClN3O4/c7-2-1-3(11)6(10(12)13)5-4(2)8-14-9-5/h1,3,11H/q-1. The minimum Gasteiger partial charge on any atom is -0.612 e. The summed E-state index contributed by atoms with van der Waals surface area (Å²) >= 11 is 5.66. The van der Waals surface area contributed by atoms with Gasteiger partial charge in [-0.15, -0.1) is 0 Å². The first-order valence-corrected chi connectivity index (χ1v) is 3.89. The molecule has 74 valence electrons.